The summed E-state index contributed by atoms with van der Waals surface area (Å²) < 4.78 is 41.0. The lowest BCUT2D eigenvalue weighted by molar-refractivity contribution is -0.117. The molecule has 2 rings (SSSR count). The van der Waals surface area contributed by atoms with E-state index in [9.17, 15) is 22.4 Å². The number of hydrogen-bond donors (Lipinski definition) is 1. The molecule has 1 aromatic heterocycles. The summed E-state index contributed by atoms with van der Waals surface area (Å²) in [6.07, 6.45) is 1.09. The zero-order valence-corrected chi connectivity index (χ0v) is 16.8. The first-order chi connectivity index (χ1) is 12.5. The second kappa shape index (κ2) is 7.93. The first kappa shape index (κ1) is 21.3. The van der Waals surface area contributed by atoms with Crippen LogP contribution in [0.5, 0.6) is 0 Å². The standard InChI is InChI=1S/C15H15Cl2FN4O4S/c1-8-4-5-10(13(18)14(8)27(25,26)21(2)3)20-11(23)7-22-15(24)12(17)9(16)6-19-22/h4-6H,7H2,1-3H3,(H,20,23). The topological polar surface area (TPSA) is 101 Å². The molecule has 0 saturated heterocycles. The fraction of sp³-hybridized carbons (Fsp3) is 0.267. The van der Waals surface area contributed by atoms with E-state index in [4.69, 9.17) is 23.2 Å². The number of amides is 1. The maximum atomic E-state index is 14.7. The Balaban J connectivity index is 2.35. The summed E-state index contributed by atoms with van der Waals surface area (Å²) in [7, 11) is -1.53. The van der Waals surface area contributed by atoms with Gasteiger partial charge in [0.1, 0.15) is 16.5 Å². The highest BCUT2D eigenvalue weighted by Crippen LogP contribution is 2.27. The van der Waals surface area contributed by atoms with E-state index in [0.29, 0.717) is 0 Å². The number of halogens is 3. The van der Waals surface area contributed by atoms with Gasteiger partial charge in [-0.1, -0.05) is 29.3 Å². The third-order valence-electron chi connectivity index (χ3n) is 3.54. The largest absolute Gasteiger partial charge is 0.322 e. The summed E-state index contributed by atoms with van der Waals surface area (Å²) in [5.41, 5.74) is -0.958. The van der Waals surface area contributed by atoms with Crippen LogP contribution in [0.3, 0.4) is 0 Å². The smallest absolute Gasteiger partial charge is 0.287 e. The Hall–Kier alpha value is -2.01. The number of carbonyl (C=O) groups is 1. The third kappa shape index (κ3) is 4.29. The molecule has 0 fully saturated rings. The molecule has 0 atom stereocenters. The molecule has 0 aliphatic rings. The van der Waals surface area contributed by atoms with Crippen molar-refractivity contribution < 1.29 is 17.6 Å². The van der Waals surface area contributed by atoms with Gasteiger partial charge in [-0.15, -0.1) is 0 Å². The molecule has 0 bridgehead atoms. The number of hydrogen-bond acceptors (Lipinski definition) is 5. The van der Waals surface area contributed by atoms with E-state index in [1.807, 2.05) is 0 Å². The first-order valence-corrected chi connectivity index (χ1v) is 9.59. The van der Waals surface area contributed by atoms with E-state index < -0.39 is 38.7 Å². The number of sulfonamides is 1. The second-order valence-corrected chi connectivity index (χ2v) is 8.55. The number of aromatic nitrogens is 2. The van der Waals surface area contributed by atoms with Crippen LogP contribution < -0.4 is 10.9 Å². The molecular formula is C15H15Cl2FN4O4S. The van der Waals surface area contributed by atoms with Gasteiger partial charge < -0.3 is 5.32 Å². The van der Waals surface area contributed by atoms with Gasteiger partial charge in [0.2, 0.25) is 15.9 Å². The van der Waals surface area contributed by atoms with Gasteiger partial charge in [0, 0.05) is 14.1 Å². The van der Waals surface area contributed by atoms with Gasteiger partial charge in [-0.25, -0.2) is 21.8 Å². The molecule has 8 nitrogen and oxygen atoms in total. The minimum absolute atomic E-state index is 0.0681. The molecule has 1 amide bonds. The van der Waals surface area contributed by atoms with Gasteiger partial charge in [0.25, 0.3) is 5.56 Å². The van der Waals surface area contributed by atoms with E-state index in [-0.39, 0.29) is 21.3 Å². The maximum absolute atomic E-state index is 14.7. The molecule has 0 aliphatic heterocycles. The van der Waals surface area contributed by atoms with E-state index in [1.165, 1.54) is 33.2 Å². The van der Waals surface area contributed by atoms with Crippen LogP contribution in [0.2, 0.25) is 10.0 Å². The van der Waals surface area contributed by atoms with Crippen LogP contribution in [0.1, 0.15) is 5.56 Å². The van der Waals surface area contributed by atoms with E-state index in [0.717, 1.165) is 15.2 Å². The Morgan fingerprint density at radius 3 is 2.56 bits per heavy atom. The van der Waals surface area contributed by atoms with Crippen molar-refractivity contribution in [3.63, 3.8) is 0 Å². The number of nitrogens with one attached hydrogen (secondary N) is 1. The molecule has 1 N–H and O–H groups in total. The van der Waals surface area contributed by atoms with Crippen molar-refractivity contribution in [1.82, 2.24) is 14.1 Å². The number of benzene rings is 1. The second-order valence-electron chi connectivity index (χ2n) is 5.68. The zero-order valence-electron chi connectivity index (χ0n) is 14.5. The molecule has 0 saturated carbocycles. The van der Waals surface area contributed by atoms with Crippen LogP contribution in [-0.4, -0.2) is 42.5 Å². The van der Waals surface area contributed by atoms with E-state index in [2.05, 4.69) is 10.4 Å². The molecule has 0 unspecified atom stereocenters. The highest BCUT2D eigenvalue weighted by Gasteiger charge is 2.26. The summed E-state index contributed by atoms with van der Waals surface area (Å²) >= 11 is 11.4. The Kier molecular flexibility index (Phi) is 6.25. The maximum Gasteiger partial charge on any atom is 0.287 e. The predicted molar refractivity (Wildman–Crippen MR) is 99.2 cm³/mol. The molecule has 0 aliphatic carbocycles. The Bertz CT molecular complexity index is 1070. The molecule has 0 radical (unpaired) electrons. The molecule has 1 aromatic carbocycles. The number of aryl methyl sites for hydroxylation is 1. The van der Waals surface area contributed by atoms with Crippen molar-refractivity contribution >= 4 is 44.8 Å². The van der Waals surface area contributed by atoms with Crippen LogP contribution in [-0.2, 0) is 21.4 Å². The fourth-order valence-electron chi connectivity index (χ4n) is 2.13. The summed E-state index contributed by atoms with van der Waals surface area (Å²) in [5.74, 6) is -1.91. The lowest BCUT2D eigenvalue weighted by Crippen LogP contribution is -2.30. The summed E-state index contributed by atoms with van der Waals surface area (Å²) in [5, 5.41) is 5.52. The van der Waals surface area contributed by atoms with Crippen molar-refractivity contribution in [2.75, 3.05) is 19.4 Å². The van der Waals surface area contributed by atoms with Crippen LogP contribution in [0.25, 0.3) is 0 Å². The van der Waals surface area contributed by atoms with Gasteiger partial charge in [0.05, 0.1) is 16.9 Å². The zero-order chi connectivity index (χ0) is 20.5. The first-order valence-electron chi connectivity index (χ1n) is 7.39. The van der Waals surface area contributed by atoms with Crippen molar-refractivity contribution in [1.29, 1.82) is 0 Å². The summed E-state index contributed by atoms with van der Waals surface area (Å²) in [6, 6.07) is 2.58. The van der Waals surface area contributed by atoms with Crippen molar-refractivity contribution in [3.05, 3.63) is 50.1 Å². The molecule has 1 heterocycles. The quantitative estimate of drug-likeness (QED) is 0.770. The fourth-order valence-corrected chi connectivity index (χ4v) is 3.58. The number of rotatable bonds is 5. The molecule has 2 aromatic rings. The highest BCUT2D eigenvalue weighted by molar-refractivity contribution is 7.89. The summed E-state index contributed by atoms with van der Waals surface area (Å²) in [4.78, 5) is 23.5. The lowest BCUT2D eigenvalue weighted by Gasteiger charge is -2.16. The normalized spacial score (nSPS) is 11.7. The van der Waals surface area contributed by atoms with Crippen LogP contribution in [0.15, 0.2) is 28.0 Å². The average molecular weight is 437 g/mol. The van der Waals surface area contributed by atoms with Crippen molar-refractivity contribution in [3.8, 4) is 0 Å². The van der Waals surface area contributed by atoms with Crippen LogP contribution in [0, 0.1) is 12.7 Å². The average Bonchev–Trinajstić information content (AvgIpc) is 2.58. The van der Waals surface area contributed by atoms with E-state index in [1.54, 1.807) is 0 Å². The number of anilines is 1. The molecule has 146 valence electrons. The SMILES string of the molecule is Cc1ccc(NC(=O)Cn2ncc(Cl)c(Cl)c2=O)c(F)c1S(=O)(=O)N(C)C. The Morgan fingerprint density at radius 2 is 1.96 bits per heavy atom. The minimum Gasteiger partial charge on any atom is -0.322 e. The third-order valence-corrected chi connectivity index (χ3v) is 6.27. The van der Waals surface area contributed by atoms with Gasteiger partial charge in [0.15, 0.2) is 5.82 Å². The monoisotopic (exact) mass is 436 g/mol. The highest BCUT2D eigenvalue weighted by atomic mass is 35.5. The van der Waals surface area contributed by atoms with Crippen molar-refractivity contribution in [2.45, 2.75) is 18.4 Å². The summed E-state index contributed by atoms with van der Waals surface area (Å²) in [6.45, 7) is 0.864. The molecule has 27 heavy (non-hydrogen) atoms. The molecule has 0 spiro atoms. The minimum atomic E-state index is -4.07. The molecular weight excluding hydrogens is 422 g/mol. The van der Waals surface area contributed by atoms with Crippen molar-refractivity contribution in [2.24, 2.45) is 0 Å². The predicted octanol–water partition coefficient (Wildman–Crippen LogP) is 1.89. The van der Waals surface area contributed by atoms with Gasteiger partial charge in [-0.05, 0) is 18.6 Å². The number of nitrogens with zero attached hydrogens (tertiary/aromatic N) is 3. The Morgan fingerprint density at radius 1 is 1.33 bits per heavy atom. The van der Waals surface area contributed by atoms with Gasteiger partial charge in [-0.2, -0.15) is 5.10 Å². The Labute approximate surface area is 164 Å². The number of carbonyl (C=O) groups excluding carboxylic acids is 1. The van der Waals surface area contributed by atoms with E-state index >= 15 is 0 Å². The lowest BCUT2D eigenvalue weighted by atomic mass is 10.2. The molecule has 12 heteroatoms. The van der Waals surface area contributed by atoms with Crippen LogP contribution in [0.4, 0.5) is 10.1 Å². The van der Waals surface area contributed by atoms with Gasteiger partial charge in [-0.3, -0.25) is 9.59 Å². The van der Waals surface area contributed by atoms with Gasteiger partial charge >= 0.3 is 0 Å². The van der Waals surface area contributed by atoms with Crippen LogP contribution >= 0.6 is 23.2 Å².